The Morgan fingerprint density at radius 1 is 1.42 bits per heavy atom. The number of hydrogen-bond donors (Lipinski definition) is 1. The average Bonchev–Trinajstić information content (AvgIpc) is 2.82. The number of nitrogens with one attached hydrogen (secondary N) is 1. The highest BCUT2D eigenvalue weighted by Crippen LogP contribution is 2.34. The maximum Gasteiger partial charge on any atom is 0.295 e. The summed E-state index contributed by atoms with van der Waals surface area (Å²) in [6.45, 7) is 2.08. The fraction of sp³-hybridized carbons (Fsp3) is 0.538. The molecule has 2 atom stereocenters. The van der Waals surface area contributed by atoms with Crippen molar-refractivity contribution in [3.05, 3.63) is 33.9 Å². The van der Waals surface area contributed by atoms with E-state index in [-0.39, 0.29) is 11.7 Å². The minimum Gasteiger partial charge on any atom is -0.374 e. The third kappa shape index (κ3) is 2.83. The van der Waals surface area contributed by atoms with E-state index >= 15 is 0 Å². The van der Waals surface area contributed by atoms with Crippen LogP contribution in [0.15, 0.2) is 12.1 Å². The number of anilines is 1. The first-order chi connectivity index (χ1) is 9.02. The Morgan fingerprint density at radius 3 is 2.74 bits per heavy atom. The standard InChI is InChI=1S/C13H16F2N2O2/c1-2-8-3-4-9(7-8)16-13-11(17(18)19)6-5-10(14)12(13)15/h5-6,8-9,16H,2-4,7H2,1H3. The van der Waals surface area contributed by atoms with Crippen molar-refractivity contribution in [2.45, 2.75) is 38.6 Å². The molecule has 0 aliphatic heterocycles. The van der Waals surface area contributed by atoms with Crippen LogP contribution in [0.1, 0.15) is 32.6 Å². The van der Waals surface area contributed by atoms with Gasteiger partial charge in [0.15, 0.2) is 17.3 Å². The molecule has 0 amide bonds. The molecule has 1 N–H and O–H groups in total. The van der Waals surface area contributed by atoms with Crippen molar-refractivity contribution in [2.75, 3.05) is 5.32 Å². The van der Waals surface area contributed by atoms with Gasteiger partial charge in [0, 0.05) is 12.1 Å². The van der Waals surface area contributed by atoms with Crippen LogP contribution in [0.25, 0.3) is 0 Å². The molecule has 104 valence electrons. The lowest BCUT2D eigenvalue weighted by atomic mass is 10.1. The zero-order valence-corrected chi connectivity index (χ0v) is 10.7. The number of nitro benzene ring substituents is 1. The van der Waals surface area contributed by atoms with Gasteiger partial charge in [-0.15, -0.1) is 0 Å². The maximum absolute atomic E-state index is 13.7. The second-order valence-electron chi connectivity index (χ2n) is 4.94. The maximum atomic E-state index is 13.7. The number of hydrogen-bond acceptors (Lipinski definition) is 3. The zero-order chi connectivity index (χ0) is 14.0. The molecule has 1 aromatic rings. The van der Waals surface area contributed by atoms with Crippen molar-refractivity contribution in [1.82, 2.24) is 0 Å². The van der Waals surface area contributed by atoms with Crippen LogP contribution < -0.4 is 5.32 Å². The molecular weight excluding hydrogens is 254 g/mol. The van der Waals surface area contributed by atoms with Gasteiger partial charge in [0.2, 0.25) is 0 Å². The van der Waals surface area contributed by atoms with Crippen molar-refractivity contribution in [3.8, 4) is 0 Å². The highest BCUT2D eigenvalue weighted by atomic mass is 19.2. The largest absolute Gasteiger partial charge is 0.374 e. The second kappa shape index (κ2) is 5.50. The van der Waals surface area contributed by atoms with Gasteiger partial charge in [-0.25, -0.2) is 8.78 Å². The molecule has 1 fully saturated rings. The van der Waals surface area contributed by atoms with Crippen molar-refractivity contribution in [3.63, 3.8) is 0 Å². The molecule has 6 heteroatoms. The van der Waals surface area contributed by atoms with Crippen LogP contribution in [-0.4, -0.2) is 11.0 Å². The van der Waals surface area contributed by atoms with Crippen molar-refractivity contribution in [1.29, 1.82) is 0 Å². The van der Waals surface area contributed by atoms with E-state index in [1.54, 1.807) is 0 Å². The van der Waals surface area contributed by atoms with Crippen LogP contribution in [0.2, 0.25) is 0 Å². The number of rotatable bonds is 4. The predicted molar refractivity (Wildman–Crippen MR) is 68.1 cm³/mol. The quantitative estimate of drug-likeness (QED) is 0.667. The van der Waals surface area contributed by atoms with E-state index in [0.29, 0.717) is 5.92 Å². The van der Waals surface area contributed by atoms with E-state index in [2.05, 4.69) is 12.2 Å². The number of halogens is 2. The zero-order valence-electron chi connectivity index (χ0n) is 10.7. The Hall–Kier alpha value is -1.72. The summed E-state index contributed by atoms with van der Waals surface area (Å²) in [5, 5.41) is 13.7. The topological polar surface area (TPSA) is 55.2 Å². The highest BCUT2D eigenvalue weighted by molar-refractivity contribution is 5.63. The average molecular weight is 270 g/mol. The number of nitro groups is 1. The number of nitrogens with zero attached hydrogens (tertiary/aromatic N) is 1. The Kier molecular flexibility index (Phi) is 3.97. The van der Waals surface area contributed by atoms with Crippen LogP contribution in [0.3, 0.4) is 0 Å². The van der Waals surface area contributed by atoms with Gasteiger partial charge in [0.05, 0.1) is 4.92 Å². The van der Waals surface area contributed by atoms with Crippen molar-refractivity contribution in [2.24, 2.45) is 5.92 Å². The normalized spacial score (nSPS) is 22.5. The Balaban J connectivity index is 2.24. The van der Waals surface area contributed by atoms with Crippen LogP contribution in [0.5, 0.6) is 0 Å². The lowest BCUT2D eigenvalue weighted by molar-refractivity contribution is -0.384. The van der Waals surface area contributed by atoms with Crippen LogP contribution in [0.4, 0.5) is 20.2 Å². The summed E-state index contributed by atoms with van der Waals surface area (Å²) in [4.78, 5) is 10.2. The Morgan fingerprint density at radius 2 is 2.16 bits per heavy atom. The second-order valence-corrected chi connectivity index (χ2v) is 4.94. The first-order valence-corrected chi connectivity index (χ1v) is 6.41. The summed E-state index contributed by atoms with van der Waals surface area (Å²) in [7, 11) is 0. The van der Waals surface area contributed by atoms with Crippen molar-refractivity contribution >= 4 is 11.4 Å². The molecule has 0 aromatic heterocycles. The SMILES string of the molecule is CCC1CCC(Nc2c([N+](=O)[O-])ccc(F)c2F)C1. The molecule has 0 spiro atoms. The van der Waals surface area contributed by atoms with Crippen LogP contribution >= 0.6 is 0 Å². The fourth-order valence-electron chi connectivity index (χ4n) is 2.61. The molecular formula is C13H16F2N2O2. The van der Waals surface area contributed by atoms with E-state index in [4.69, 9.17) is 0 Å². The molecule has 1 aliphatic rings. The smallest absolute Gasteiger partial charge is 0.295 e. The molecule has 0 saturated heterocycles. The van der Waals surface area contributed by atoms with Gasteiger partial charge in [-0.3, -0.25) is 10.1 Å². The molecule has 0 radical (unpaired) electrons. The predicted octanol–water partition coefficient (Wildman–Crippen LogP) is 3.86. The third-order valence-corrected chi connectivity index (χ3v) is 3.74. The Bertz CT molecular complexity index is 494. The first-order valence-electron chi connectivity index (χ1n) is 6.41. The van der Waals surface area contributed by atoms with Gasteiger partial charge in [-0.1, -0.05) is 13.3 Å². The first kappa shape index (κ1) is 13.7. The number of benzene rings is 1. The minimum atomic E-state index is -1.17. The van der Waals surface area contributed by atoms with E-state index in [1.165, 1.54) is 0 Å². The summed E-state index contributed by atoms with van der Waals surface area (Å²) >= 11 is 0. The summed E-state index contributed by atoms with van der Waals surface area (Å²) in [6.07, 6.45) is 3.71. The van der Waals surface area contributed by atoms with E-state index in [9.17, 15) is 18.9 Å². The third-order valence-electron chi connectivity index (χ3n) is 3.74. The summed E-state index contributed by atoms with van der Waals surface area (Å²) in [6, 6.07) is 1.75. The fourth-order valence-corrected chi connectivity index (χ4v) is 2.61. The van der Waals surface area contributed by atoms with Gasteiger partial charge in [0.25, 0.3) is 5.69 Å². The van der Waals surface area contributed by atoms with E-state index in [1.807, 2.05) is 0 Å². The molecule has 2 rings (SSSR count). The summed E-state index contributed by atoms with van der Waals surface area (Å²) in [5.41, 5.74) is -0.745. The lowest BCUT2D eigenvalue weighted by Gasteiger charge is -2.15. The summed E-state index contributed by atoms with van der Waals surface area (Å²) in [5.74, 6) is -1.69. The van der Waals surface area contributed by atoms with Crippen molar-refractivity contribution < 1.29 is 13.7 Å². The molecule has 2 unspecified atom stereocenters. The van der Waals surface area contributed by atoms with Crippen LogP contribution in [0, 0.1) is 27.7 Å². The monoisotopic (exact) mass is 270 g/mol. The van der Waals surface area contributed by atoms with Gasteiger partial charge < -0.3 is 5.32 Å². The van der Waals surface area contributed by atoms with Gasteiger partial charge in [0.1, 0.15) is 0 Å². The lowest BCUT2D eigenvalue weighted by Crippen LogP contribution is -2.18. The highest BCUT2D eigenvalue weighted by Gasteiger charge is 2.28. The summed E-state index contributed by atoms with van der Waals surface area (Å²) < 4.78 is 26.9. The van der Waals surface area contributed by atoms with E-state index < -0.39 is 22.2 Å². The Labute approximate surface area is 110 Å². The molecule has 1 saturated carbocycles. The van der Waals surface area contributed by atoms with Gasteiger partial charge in [-0.05, 0) is 31.2 Å². The van der Waals surface area contributed by atoms with E-state index in [0.717, 1.165) is 37.8 Å². The minimum absolute atomic E-state index is 0.0278. The molecule has 1 aromatic carbocycles. The molecule has 0 bridgehead atoms. The molecule has 19 heavy (non-hydrogen) atoms. The molecule has 1 aliphatic carbocycles. The molecule has 4 nitrogen and oxygen atoms in total. The van der Waals surface area contributed by atoms with Gasteiger partial charge in [-0.2, -0.15) is 0 Å². The van der Waals surface area contributed by atoms with Crippen LogP contribution in [-0.2, 0) is 0 Å². The van der Waals surface area contributed by atoms with Gasteiger partial charge >= 0.3 is 0 Å². The molecule has 0 heterocycles.